The first-order valence-electron chi connectivity index (χ1n) is 8.97. The molecular weight excluding hydrogens is 399 g/mol. The molecule has 0 spiro atoms. The van der Waals surface area contributed by atoms with Crippen LogP contribution in [0.2, 0.25) is 0 Å². The van der Waals surface area contributed by atoms with Crippen molar-refractivity contribution in [1.29, 1.82) is 5.26 Å². The quantitative estimate of drug-likeness (QED) is 0.683. The predicted octanol–water partition coefficient (Wildman–Crippen LogP) is 3.82. The number of nitriles is 1. The Balaban J connectivity index is 0.00000300. The minimum absolute atomic E-state index is 0. The topological polar surface area (TPSA) is 95.4 Å². The maximum absolute atomic E-state index is 14.4. The van der Waals surface area contributed by atoms with Crippen LogP contribution in [0, 0.1) is 17.1 Å². The molecule has 2 amide bonds. The molecule has 0 aromatic heterocycles. The summed E-state index contributed by atoms with van der Waals surface area (Å²) in [7, 11) is 0. The number of benzene rings is 2. The van der Waals surface area contributed by atoms with Crippen molar-refractivity contribution in [2.45, 2.75) is 13.0 Å². The Hall–Kier alpha value is -2.86. The zero-order valence-corrected chi connectivity index (χ0v) is 16.6. The van der Waals surface area contributed by atoms with Gasteiger partial charge in [-0.25, -0.2) is 9.18 Å². The zero-order valence-electron chi connectivity index (χ0n) is 15.8. The summed E-state index contributed by atoms with van der Waals surface area (Å²) >= 11 is 0. The third-order valence-electron chi connectivity index (χ3n) is 4.20. The monoisotopic (exact) mass is 420 g/mol. The minimum Gasteiger partial charge on any atom is -0.492 e. The fraction of sp³-hybridized carbons (Fsp3) is 0.300. The molecule has 2 aromatic carbocycles. The Morgan fingerprint density at radius 1 is 1.31 bits per heavy atom. The van der Waals surface area contributed by atoms with E-state index in [0.717, 1.165) is 6.54 Å². The average molecular weight is 421 g/mol. The maximum atomic E-state index is 14.4. The fourth-order valence-electron chi connectivity index (χ4n) is 2.87. The molecule has 1 saturated heterocycles. The average Bonchev–Trinajstić information content (AvgIpc) is 2.71. The number of rotatable bonds is 5. The molecule has 7 nitrogen and oxygen atoms in total. The van der Waals surface area contributed by atoms with Crippen molar-refractivity contribution >= 4 is 29.8 Å². The normalized spacial score (nSPS) is 15.6. The standard InChI is InChI=1S/C20H21FN4O3.ClH/c1-2-27-18-6-3-13(11-22)9-17(18)25-20(26)24-16-5-4-14(10-15(16)21)19-12-23-7-8-28-19;/h3-6,9-10,19,23H,2,7-8,12H2,1H3,(H2,24,25,26);1H/t19-;/m0./s1. The molecule has 3 N–H and O–H groups in total. The molecule has 1 aliphatic heterocycles. The lowest BCUT2D eigenvalue weighted by Crippen LogP contribution is -2.33. The Kier molecular flexibility index (Phi) is 8.21. The van der Waals surface area contributed by atoms with Gasteiger partial charge >= 0.3 is 6.03 Å². The molecule has 0 saturated carbocycles. The number of ether oxygens (including phenoxy) is 2. The number of anilines is 2. The summed E-state index contributed by atoms with van der Waals surface area (Å²) in [5.74, 6) is -0.132. The van der Waals surface area contributed by atoms with Crippen LogP contribution in [-0.4, -0.2) is 32.3 Å². The largest absolute Gasteiger partial charge is 0.492 e. The summed E-state index contributed by atoms with van der Waals surface area (Å²) < 4.78 is 25.5. The van der Waals surface area contributed by atoms with Gasteiger partial charge < -0.3 is 25.4 Å². The molecule has 154 valence electrons. The van der Waals surface area contributed by atoms with Gasteiger partial charge in [0.2, 0.25) is 0 Å². The number of amides is 2. The second-order valence-corrected chi connectivity index (χ2v) is 6.14. The molecule has 0 unspecified atom stereocenters. The molecular formula is C20H22ClFN4O3. The molecule has 1 aliphatic rings. The predicted molar refractivity (Wildman–Crippen MR) is 110 cm³/mol. The number of carbonyl (C=O) groups is 1. The van der Waals surface area contributed by atoms with Gasteiger partial charge in [0.05, 0.1) is 42.3 Å². The zero-order chi connectivity index (χ0) is 19.9. The maximum Gasteiger partial charge on any atom is 0.323 e. The molecule has 1 atom stereocenters. The molecule has 9 heteroatoms. The molecule has 1 heterocycles. The van der Waals surface area contributed by atoms with Gasteiger partial charge in [-0.2, -0.15) is 5.26 Å². The van der Waals surface area contributed by atoms with Crippen molar-refractivity contribution in [2.75, 3.05) is 36.9 Å². The SMILES string of the molecule is CCOc1ccc(C#N)cc1NC(=O)Nc1ccc([C@@H]2CNCCO2)cc1F.Cl. The number of urea groups is 1. The third-order valence-corrected chi connectivity index (χ3v) is 4.20. The van der Waals surface area contributed by atoms with E-state index in [0.29, 0.717) is 42.3 Å². The van der Waals surface area contributed by atoms with E-state index in [1.54, 1.807) is 18.2 Å². The first kappa shape index (κ1) is 22.4. The fourth-order valence-corrected chi connectivity index (χ4v) is 2.87. The molecule has 0 radical (unpaired) electrons. The van der Waals surface area contributed by atoms with Crippen LogP contribution < -0.4 is 20.7 Å². The van der Waals surface area contributed by atoms with Crippen molar-refractivity contribution < 1.29 is 18.7 Å². The Labute approximate surface area is 174 Å². The number of nitrogens with zero attached hydrogens (tertiary/aromatic N) is 1. The lowest BCUT2D eigenvalue weighted by molar-refractivity contribution is 0.0275. The Morgan fingerprint density at radius 2 is 2.10 bits per heavy atom. The van der Waals surface area contributed by atoms with Crippen molar-refractivity contribution in [2.24, 2.45) is 0 Å². The summed E-state index contributed by atoms with van der Waals surface area (Å²) in [6.45, 7) is 4.16. The van der Waals surface area contributed by atoms with Gasteiger partial charge in [0.15, 0.2) is 0 Å². The van der Waals surface area contributed by atoms with E-state index in [1.165, 1.54) is 18.2 Å². The van der Waals surface area contributed by atoms with Crippen molar-refractivity contribution in [3.8, 4) is 11.8 Å². The minimum atomic E-state index is -0.640. The number of hydrogen-bond donors (Lipinski definition) is 3. The van der Waals surface area contributed by atoms with Crippen LogP contribution in [0.25, 0.3) is 0 Å². The summed E-state index contributed by atoms with van der Waals surface area (Å²) in [6.07, 6.45) is -0.214. The second-order valence-electron chi connectivity index (χ2n) is 6.14. The molecule has 2 aromatic rings. The lowest BCUT2D eigenvalue weighted by atomic mass is 10.1. The van der Waals surface area contributed by atoms with Crippen LogP contribution in [0.5, 0.6) is 5.75 Å². The Morgan fingerprint density at radius 3 is 2.76 bits per heavy atom. The highest BCUT2D eigenvalue weighted by Gasteiger charge is 2.18. The second kappa shape index (κ2) is 10.6. The lowest BCUT2D eigenvalue weighted by Gasteiger charge is -2.24. The third kappa shape index (κ3) is 5.81. The van der Waals surface area contributed by atoms with E-state index in [-0.39, 0.29) is 24.2 Å². The molecule has 29 heavy (non-hydrogen) atoms. The van der Waals surface area contributed by atoms with E-state index in [4.69, 9.17) is 14.7 Å². The van der Waals surface area contributed by atoms with Crippen LogP contribution in [0.1, 0.15) is 24.2 Å². The van der Waals surface area contributed by atoms with Gasteiger partial charge in [0.25, 0.3) is 0 Å². The first-order chi connectivity index (χ1) is 13.6. The summed E-state index contributed by atoms with van der Waals surface area (Å²) in [5, 5.41) is 17.3. The van der Waals surface area contributed by atoms with Gasteiger partial charge in [-0.15, -0.1) is 12.4 Å². The number of morpholine rings is 1. The van der Waals surface area contributed by atoms with Crippen LogP contribution in [0.3, 0.4) is 0 Å². The van der Waals surface area contributed by atoms with E-state index in [2.05, 4.69) is 16.0 Å². The summed E-state index contributed by atoms with van der Waals surface area (Å²) in [4.78, 5) is 12.3. The number of carbonyl (C=O) groups excluding carboxylic acids is 1. The van der Waals surface area contributed by atoms with Gasteiger partial charge in [-0.1, -0.05) is 6.07 Å². The van der Waals surface area contributed by atoms with Crippen LogP contribution in [0.15, 0.2) is 36.4 Å². The van der Waals surface area contributed by atoms with E-state index in [9.17, 15) is 9.18 Å². The molecule has 1 fully saturated rings. The van der Waals surface area contributed by atoms with Crippen LogP contribution in [0.4, 0.5) is 20.6 Å². The van der Waals surface area contributed by atoms with Crippen LogP contribution in [-0.2, 0) is 4.74 Å². The number of nitrogens with one attached hydrogen (secondary N) is 3. The number of hydrogen-bond acceptors (Lipinski definition) is 5. The highest BCUT2D eigenvalue weighted by Crippen LogP contribution is 2.27. The number of halogens is 2. The first-order valence-corrected chi connectivity index (χ1v) is 8.97. The van der Waals surface area contributed by atoms with Gasteiger partial charge in [0.1, 0.15) is 11.6 Å². The highest BCUT2D eigenvalue weighted by atomic mass is 35.5. The highest BCUT2D eigenvalue weighted by molar-refractivity contribution is 6.00. The Bertz CT molecular complexity index is 898. The van der Waals surface area contributed by atoms with Crippen molar-refractivity contribution in [3.05, 3.63) is 53.3 Å². The van der Waals surface area contributed by atoms with Gasteiger partial charge in [-0.3, -0.25) is 0 Å². The van der Waals surface area contributed by atoms with E-state index < -0.39 is 11.8 Å². The van der Waals surface area contributed by atoms with Gasteiger partial charge in [-0.05, 0) is 42.8 Å². The summed E-state index contributed by atoms with van der Waals surface area (Å²) in [6, 6.07) is 10.6. The molecule has 0 bridgehead atoms. The molecule has 3 rings (SSSR count). The smallest absolute Gasteiger partial charge is 0.323 e. The summed E-state index contributed by atoms with van der Waals surface area (Å²) in [5.41, 5.74) is 1.45. The van der Waals surface area contributed by atoms with E-state index >= 15 is 0 Å². The van der Waals surface area contributed by atoms with Crippen molar-refractivity contribution in [3.63, 3.8) is 0 Å². The van der Waals surface area contributed by atoms with Crippen LogP contribution >= 0.6 is 12.4 Å². The molecule has 0 aliphatic carbocycles. The van der Waals surface area contributed by atoms with Crippen molar-refractivity contribution in [1.82, 2.24) is 5.32 Å². The van der Waals surface area contributed by atoms with Gasteiger partial charge in [0, 0.05) is 13.1 Å². The van der Waals surface area contributed by atoms with E-state index in [1.807, 2.05) is 13.0 Å².